The zero-order valence-corrected chi connectivity index (χ0v) is 12.4. The fourth-order valence-electron chi connectivity index (χ4n) is 1.80. The molecule has 0 atom stereocenters. The van der Waals surface area contributed by atoms with E-state index >= 15 is 0 Å². The molecular weight excluding hydrogens is 280 g/mol. The van der Waals surface area contributed by atoms with Gasteiger partial charge in [0.25, 0.3) is 0 Å². The molecule has 2 aromatic rings. The topological polar surface area (TPSA) is 68.3 Å². The molecule has 0 aliphatic rings. The number of hydrogen-bond donors (Lipinski definition) is 1. The van der Waals surface area contributed by atoms with Gasteiger partial charge in [-0.25, -0.2) is 4.98 Å². The van der Waals surface area contributed by atoms with Crippen molar-refractivity contribution in [1.29, 1.82) is 0 Å². The molecular formula is C17H16N2O3. The minimum atomic E-state index is -0.342. The molecule has 5 heteroatoms. The number of anilines is 1. The van der Waals surface area contributed by atoms with Gasteiger partial charge < -0.3 is 10.1 Å². The van der Waals surface area contributed by atoms with Crippen LogP contribution in [0.2, 0.25) is 0 Å². The molecule has 22 heavy (non-hydrogen) atoms. The molecule has 0 aliphatic carbocycles. The fraction of sp³-hybridized carbons (Fsp3) is 0.118. The molecule has 0 saturated heterocycles. The summed E-state index contributed by atoms with van der Waals surface area (Å²) >= 11 is 0. The van der Waals surface area contributed by atoms with E-state index in [1.807, 2.05) is 30.4 Å². The maximum atomic E-state index is 11.0. The van der Waals surface area contributed by atoms with Crippen molar-refractivity contribution in [1.82, 2.24) is 4.98 Å². The van der Waals surface area contributed by atoms with Crippen LogP contribution in [0, 0.1) is 0 Å². The van der Waals surface area contributed by atoms with Crippen LogP contribution < -0.4 is 10.1 Å². The standard InChI is InChI=1S/C17H16N2O3/c1-12(20)19-17-11-15(9-10-18-17)4-3-14-5-7-16(8-6-14)22-13(2)21/h3-11H,1-2H3,(H,18,19,20)/b4-3+. The maximum Gasteiger partial charge on any atom is 0.308 e. The van der Waals surface area contributed by atoms with E-state index in [2.05, 4.69) is 10.3 Å². The second-order valence-electron chi connectivity index (χ2n) is 4.65. The Bertz CT molecular complexity index is 706. The van der Waals surface area contributed by atoms with Gasteiger partial charge in [-0.15, -0.1) is 0 Å². The van der Waals surface area contributed by atoms with Crippen molar-refractivity contribution in [3.8, 4) is 5.75 Å². The van der Waals surface area contributed by atoms with Crippen LogP contribution in [-0.4, -0.2) is 16.9 Å². The zero-order chi connectivity index (χ0) is 15.9. The van der Waals surface area contributed by atoms with Crippen molar-refractivity contribution < 1.29 is 14.3 Å². The van der Waals surface area contributed by atoms with E-state index in [1.54, 1.807) is 24.4 Å². The number of esters is 1. The van der Waals surface area contributed by atoms with Gasteiger partial charge in [-0.3, -0.25) is 9.59 Å². The quantitative estimate of drug-likeness (QED) is 0.695. The summed E-state index contributed by atoms with van der Waals surface area (Å²) in [6, 6.07) is 10.8. The van der Waals surface area contributed by atoms with E-state index in [-0.39, 0.29) is 11.9 Å². The predicted octanol–water partition coefficient (Wildman–Crippen LogP) is 3.14. The van der Waals surface area contributed by atoms with Gasteiger partial charge in [0.05, 0.1) is 0 Å². The highest BCUT2D eigenvalue weighted by Gasteiger charge is 1.98. The Labute approximate surface area is 128 Å². The number of aromatic nitrogens is 1. The summed E-state index contributed by atoms with van der Waals surface area (Å²) < 4.78 is 4.97. The van der Waals surface area contributed by atoms with Gasteiger partial charge in [0.15, 0.2) is 0 Å². The third kappa shape index (κ3) is 4.86. The number of nitrogens with one attached hydrogen (secondary N) is 1. The second-order valence-corrected chi connectivity index (χ2v) is 4.65. The van der Waals surface area contributed by atoms with Crippen LogP contribution in [0.5, 0.6) is 5.75 Å². The van der Waals surface area contributed by atoms with Gasteiger partial charge in [-0.1, -0.05) is 24.3 Å². The first kappa shape index (κ1) is 15.4. The number of benzene rings is 1. The van der Waals surface area contributed by atoms with Crippen LogP contribution in [0.15, 0.2) is 42.6 Å². The molecule has 1 N–H and O–H groups in total. The highest BCUT2D eigenvalue weighted by atomic mass is 16.5. The Kier molecular flexibility index (Phi) is 5.03. The number of ether oxygens (including phenoxy) is 1. The van der Waals surface area contributed by atoms with Gasteiger partial charge in [0.2, 0.25) is 5.91 Å². The zero-order valence-electron chi connectivity index (χ0n) is 12.4. The Morgan fingerprint density at radius 2 is 1.73 bits per heavy atom. The van der Waals surface area contributed by atoms with Crippen LogP contribution in [0.3, 0.4) is 0 Å². The van der Waals surface area contributed by atoms with E-state index in [1.165, 1.54) is 13.8 Å². The summed E-state index contributed by atoms with van der Waals surface area (Å²) in [5, 5.41) is 2.64. The number of carbonyl (C=O) groups excluding carboxylic acids is 2. The molecule has 1 aromatic heterocycles. The lowest BCUT2D eigenvalue weighted by Gasteiger charge is -2.02. The predicted molar refractivity (Wildman–Crippen MR) is 85.2 cm³/mol. The van der Waals surface area contributed by atoms with Crippen LogP contribution in [0.4, 0.5) is 5.82 Å². The average molecular weight is 296 g/mol. The van der Waals surface area contributed by atoms with E-state index in [0.29, 0.717) is 11.6 Å². The molecule has 0 spiro atoms. The molecule has 2 rings (SSSR count). The fourth-order valence-corrected chi connectivity index (χ4v) is 1.80. The molecule has 5 nitrogen and oxygen atoms in total. The third-order valence-electron chi connectivity index (χ3n) is 2.70. The third-order valence-corrected chi connectivity index (χ3v) is 2.70. The van der Waals surface area contributed by atoms with Gasteiger partial charge in [-0.05, 0) is 35.4 Å². The van der Waals surface area contributed by atoms with Crippen LogP contribution in [0.25, 0.3) is 12.2 Å². The van der Waals surface area contributed by atoms with Crippen LogP contribution in [0.1, 0.15) is 25.0 Å². The highest BCUT2D eigenvalue weighted by Crippen LogP contribution is 2.15. The largest absolute Gasteiger partial charge is 0.427 e. The van der Waals surface area contributed by atoms with Crippen molar-refractivity contribution >= 4 is 29.8 Å². The van der Waals surface area contributed by atoms with Crippen molar-refractivity contribution in [3.05, 3.63) is 53.7 Å². The number of nitrogens with zero attached hydrogens (tertiary/aromatic N) is 1. The van der Waals surface area contributed by atoms with Crippen LogP contribution in [-0.2, 0) is 9.59 Å². The first-order valence-electron chi connectivity index (χ1n) is 6.73. The first-order chi connectivity index (χ1) is 10.5. The average Bonchev–Trinajstić information content (AvgIpc) is 2.46. The summed E-state index contributed by atoms with van der Waals surface area (Å²) in [4.78, 5) is 25.9. The number of pyridine rings is 1. The Balaban J connectivity index is 2.08. The van der Waals surface area contributed by atoms with E-state index in [9.17, 15) is 9.59 Å². The lowest BCUT2D eigenvalue weighted by atomic mass is 10.1. The maximum absolute atomic E-state index is 11.0. The second kappa shape index (κ2) is 7.17. The lowest BCUT2D eigenvalue weighted by Crippen LogP contribution is -2.07. The minimum absolute atomic E-state index is 0.158. The summed E-state index contributed by atoms with van der Waals surface area (Å²) in [5.74, 6) is 0.529. The summed E-state index contributed by atoms with van der Waals surface area (Å²) in [5.41, 5.74) is 1.89. The highest BCUT2D eigenvalue weighted by molar-refractivity contribution is 5.88. The Hall–Kier alpha value is -2.95. The van der Waals surface area contributed by atoms with Gasteiger partial charge in [0, 0.05) is 20.0 Å². The van der Waals surface area contributed by atoms with Gasteiger partial charge >= 0.3 is 5.97 Å². The normalized spacial score (nSPS) is 10.5. The number of hydrogen-bond acceptors (Lipinski definition) is 4. The van der Waals surface area contributed by atoms with Gasteiger partial charge in [-0.2, -0.15) is 0 Å². The van der Waals surface area contributed by atoms with E-state index in [0.717, 1.165) is 11.1 Å². The van der Waals surface area contributed by atoms with Crippen LogP contribution >= 0.6 is 0 Å². The molecule has 0 bridgehead atoms. The minimum Gasteiger partial charge on any atom is -0.427 e. The number of rotatable bonds is 4. The van der Waals surface area contributed by atoms with Crippen molar-refractivity contribution in [2.75, 3.05) is 5.32 Å². The van der Waals surface area contributed by atoms with E-state index < -0.39 is 0 Å². The molecule has 1 aromatic carbocycles. The summed E-state index contributed by atoms with van der Waals surface area (Å²) in [6.45, 7) is 2.80. The smallest absolute Gasteiger partial charge is 0.308 e. The lowest BCUT2D eigenvalue weighted by molar-refractivity contribution is -0.131. The molecule has 0 aliphatic heterocycles. The molecule has 0 fully saturated rings. The first-order valence-corrected chi connectivity index (χ1v) is 6.73. The van der Waals surface area contributed by atoms with Crippen molar-refractivity contribution in [2.45, 2.75) is 13.8 Å². The van der Waals surface area contributed by atoms with Gasteiger partial charge in [0.1, 0.15) is 11.6 Å². The van der Waals surface area contributed by atoms with E-state index in [4.69, 9.17) is 4.74 Å². The molecule has 1 amide bonds. The van der Waals surface area contributed by atoms with Crippen molar-refractivity contribution in [2.24, 2.45) is 0 Å². The monoisotopic (exact) mass is 296 g/mol. The summed E-state index contributed by atoms with van der Waals surface area (Å²) in [6.07, 6.45) is 5.47. The number of amides is 1. The SMILES string of the molecule is CC(=O)Nc1cc(/C=C/c2ccc(OC(C)=O)cc2)ccn1. The Morgan fingerprint density at radius 3 is 2.36 bits per heavy atom. The Morgan fingerprint density at radius 1 is 1.05 bits per heavy atom. The molecule has 0 unspecified atom stereocenters. The molecule has 112 valence electrons. The van der Waals surface area contributed by atoms with Crippen molar-refractivity contribution in [3.63, 3.8) is 0 Å². The summed E-state index contributed by atoms with van der Waals surface area (Å²) in [7, 11) is 0. The molecule has 1 heterocycles. The molecule has 0 radical (unpaired) electrons. The molecule has 0 saturated carbocycles. The number of carbonyl (C=O) groups is 2.